The molecule has 5 nitrogen and oxygen atoms in total. The molecule has 3 atom stereocenters. The Balaban J connectivity index is 1.71. The summed E-state index contributed by atoms with van der Waals surface area (Å²) in [4.78, 5) is 25.4. The molecular formula is C22H22FN3O2. The molecule has 0 bridgehead atoms. The van der Waals surface area contributed by atoms with Gasteiger partial charge in [-0.15, -0.1) is 0 Å². The second-order valence-corrected chi connectivity index (χ2v) is 7.07. The van der Waals surface area contributed by atoms with Crippen molar-refractivity contribution in [2.45, 2.75) is 37.8 Å². The molecule has 1 fully saturated rings. The van der Waals surface area contributed by atoms with Crippen LogP contribution in [-0.2, 0) is 11.2 Å². The van der Waals surface area contributed by atoms with Gasteiger partial charge in [0, 0.05) is 23.9 Å². The Morgan fingerprint density at radius 3 is 2.46 bits per heavy atom. The van der Waals surface area contributed by atoms with Crippen molar-refractivity contribution in [2.24, 2.45) is 5.92 Å². The minimum Gasteiger partial charge on any atom is -0.352 e. The Bertz CT molecular complexity index is 862. The highest BCUT2D eigenvalue weighted by molar-refractivity contribution is 5.97. The predicted octanol–water partition coefficient (Wildman–Crippen LogP) is 2.98. The van der Waals surface area contributed by atoms with E-state index in [1.807, 2.05) is 30.3 Å². The molecule has 3 rings (SSSR count). The second-order valence-electron chi connectivity index (χ2n) is 7.07. The van der Waals surface area contributed by atoms with Gasteiger partial charge in [0.1, 0.15) is 11.9 Å². The van der Waals surface area contributed by atoms with E-state index in [1.54, 1.807) is 0 Å². The highest BCUT2D eigenvalue weighted by Crippen LogP contribution is 2.24. The Morgan fingerprint density at radius 2 is 1.82 bits per heavy atom. The van der Waals surface area contributed by atoms with Crippen LogP contribution in [0.25, 0.3) is 0 Å². The summed E-state index contributed by atoms with van der Waals surface area (Å²) in [6.07, 6.45) is 2.50. The van der Waals surface area contributed by atoms with Crippen LogP contribution in [0.5, 0.6) is 0 Å². The number of carbonyl (C=O) groups is 2. The highest BCUT2D eigenvalue weighted by Gasteiger charge is 2.29. The first-order chi connectivity index (χ1) is 13.5. The summed E-state index contributed by atoms with van der Waals surface area (Å²) in [6.45, 7) is 0. The van der Waals surface area contributed by atoms with Crippen LogP contribution in [0.2, 0.25) is 0 Å². The van der Waals surface area contributed by atoms with Crippen molar-refractivity contribution in [3.05, 3.63) is 71.5 Å². The zero-order chi connectivity index (χ0) is 19.9. The standard InChI is InChI=1S/C22H22FN3O2/c23-18-9-7-17(8-10-18)21(27)26-20(13-15-4-2-1-3-5-15)22(28)25-19-11-6-16(12-19)14-24/h1-5,7-10,16,19-20H,6,11-13H2,(H,25,28)(H,26,27)/t16?,19-,20+/m1/s1. The van der Waals surface area contributed by atoms with Crippen LogP contribution in [0.3, 0.4) is 0 Å². The summed E-state index contributed by atoms with van der Waals surface area (Å²) in [7, 11) is 0. The lowest BCUT2D eigenvalue weighted by molar-refractivity contribution is -0.123. The van der Waals surface area contributed by atoms with E-state index in [0.717, 1.165) is 18.4 Å². The van der Waals surface area contributed by atoms with Crippen LogP contribution in [0, 0.1) is 23.1 Å². The molecule has 1 aliphatic carbocycles. The number of nitrogens with one attached hydrogen (secondary N) is 2. The fourth-order valence-electron chi connectivity index (χ4n) is 3.43. The van der Waals surface area contributed by atoms with Crippen molar-refractivity contribution in [3.8, 4) is 6.07 Å². The first kappa shape index (κ1) is 19.6. The van der Waals surface area contributed by atoms with E-state index >= 15 is 0 Å². The summed E-state index contributed by atoms with van der Waals surface area (Å²) >= 11 is 0. The maximum absolute atomic E-state index is 13.1. The molecule has 0 aromatic heterocycles. The minimum atomic E-state index is -0.763. The molecule has 2 aromatic carbocycles. The number of hydrogen-bond donors (Lipinski definition) is 2. The molecule has 0 radical (unpaired) electrons. The van der Waals surface area contributed by atoms with Crippen molar-refractivity contribution in [1.29, 1.82) is 5.26 Å². The van der Waals surface area contributed by atoms with Crippen molar-refractivity contribution >= 4 is 11.8 Å². The van der Waals surface area contributed by atoms with Crippen LogP contribution >= 0.6 is 0 Å². The van der Waals surface area contributed by atoms with Gasteiger partial charge in [-0.2, -0.15) is 5.26 Å². The van der Waals surface area contributed by atoms with Gasteiger partial charge in [-0.25, -0.2) is 4.39 Å². The molecule has 1 unspecified atom stereocenters. The molecule has 0 heterocycles. The van der Waals surface area contributed by atoms with E-state index in [1.165, 1.54) is 24.3 Å². The van der Waals surface area contributed by atoms with Gasteiger partial charge < -0.3 is 10.6 Å². The topological polar surface area (TPSA) is 82.0 Å². The van der Waals surface area contributed by atoms with Gasteiger partial charge in [0.25, 0.3) is 5.91 Å². The van der Waals surface area contributed by atoms with Crippen LogP contribution in [0.1, 0.15) is 35.2 Å². The Labute approximate surface area is 163 Å². The van der Waals surface area contributed by atoms with E-state index in [-0.39, 0.29) is 23.4 Å². The van der Waals surface area contributed by atoms with Gasteiger partial charge in [0.15, 0.2) is 0 Å². The number of halogens is 1. The molecule has 2 amide bonds. The number of rotatable bonds is 6. The third-order valence-electron chi connectivity index (χ3n) is 4.97. The smallest absolute Gasteiger partial charge is 0.251 e. The third-order valence-corrected chi connectivity index (χ3v) is 4.97. The molecule has 0 aliphatic heterocycles. The van der Waals surface area contributed by atoms with E-state index < -0.39 is 17.8 Å². The molecule has 1 saturated carbocycles. The molecule has 2 aromatic rings. The van der Waals surface area contributed by atoms with Gasteiger partial charge in [0.05, 0.1) is 6.07 Å². The Morgan fingerprint density at radius 1 is 1.11 bits per heavy atom. The van der Waals surface area contributed by atoms with Crippen molar-refractivity contribution in [1.82, 2.24) is 10.6 Å². The molecule has 28 heavy (non-hydrogen) atoms. The molecule has 0 spiro atoms. The van der Waals surface area contributed by atoms with Crippen molar-refractivity contribution < 1.29 is 14.0 Å². The molecule has 2 N–H and O–H groups in total. The third kappa shape index (κ3) is 5.17. The number of nitrogens with zero attached hydrogens (tertiary/aromatic N) is 1. The number of hydrogen-bond acceptors (Lipinski definition) is 3. The van der Waals surface area contributed by atoms with Crippen LogP contribution in [-0.4, -0.2) is 23.9 Å². The van der Waals surface area contributed by atoms with E-state index in [4.69, 9.17) is 5.26 Å². The highest BCUT2D eigenvalue weighted by atomic mass is 19.1. The monoisotopic (exact) mass is 379 g/mol. The van der Waals surface area contributed by atoms with Gasteiger partial charge >= 0.3 is 0 Å². The van der Waals surface area contributed by atoms with Gasteiger partial charge in [0.2, 0.25) is 5.91 Å². The van der Waals surface area contributed by atoms with Crippen LogP contribution in [0.4, 0.5) is 4.39 Å². The Kier molecular flexibility index (Phi) is 6.38. The van der Waals surface area contributed by atoms with Gasteiger partial charge in [-0.1, -0.05) is 30.3 Å². The van der Waals surface area contributed by atoms with Crippen molar-refractivity contribution in [3.63, 3.8) is 0 Å². The molecular weight excluding hydrogens is 357 g/mol. The lowest BCUT2D eigenvalue weighted by atomic mass is 10.0. The predicted molar refractivity (Wildman–Crippen MR) is 103 cm³/mol. The van der Waals surface area contributed by atoms with Gasteiger partial charge in [-0.3, -0.25) is 9.59 Å². The van der Waals surface area contributed by atoms with E-state index in [0.29, 0.717) is 12.8 Å². The fraction of sp³-hybridized carbons (Fsp3) is 0.318. The molecule has 0 saturated heterocycles. The number of amides is 2. The van der Waals surface area contributed by atoms with Crippen LogP contribution in [0.15, 0.2) is 54.6 Å². The fourth-order valence-corrected chi connectivity index (χ4v) is 3.43. The van der Waals surface area contributed by atoms with Gasteiger partial charge in [-0.05, 0) is 49.1 Å². The van der Waals surface area contributed by atoms with E-state index in [2.05, 4.69) is 16.7 Å². The first-order valence-corrected chi connectivity index (χ1v) is 9.35. The SMILES string of the molecule is N#CC1CC[C@@H](NC(=O)[C@H](Cc2ccccc2)NC(=O)c2ccc(F)cc2)C1. The maximum Gasteiger partial charge on any atom is 0.251 e. The minimum absolute atomic E-state index is 0.0355. The molecule has 6 heteroatoms. The quantitative estimate of drug-likeness (QED) is 0.810. The zero-order valence-electron chi connectivity index (χ0n) is 15.4. The summed E-state index contributed by atoms with van der Waals surface area (Å²) in [5, 5.41) is 14.8. The summed E-state index contributed by atoms with van der Waals surface area (Å²) in [5.74, 6) is -1.17. The second kappa shape index (κ2) is 9.14. The van der Waals surface area contributed by atoms with Crippen LogP contribution < -0.4 is 10.6 Å². The Hall–Kier alpha value is -3.20. The van der Waals surface area contributed by atoms with Crippen molar-refractivity contribution in [2.75, 3.05) is 0 Å². The number of nitriles is 1. The number of carbonyl (C=O) groups excluding carboxylic acids is 2. The normalized spacial score (nSPS) is 19.4. The zero-order valence-corrected chi connectivity index (χ0v) is 15.4. The summed E-state index contributed by atoms with van der Waals surface area (Å²) < 4.78 is 13.1. The average molecular weight is 379 g/mol. The first-order valence-electron chi connectivity index (χ1n) is 9.35. The summed E-state index contributed by atoms with van der Waals surface area (Å²) in [6, 6.07) is 16.0. The lowest BCUT2D eigenvalue weighted by Gasteiger charge is -2.21. The maximum atomic E-state index is 13.1. The molecule has 144 valence electrons. The molecule has 1 aliphatic rings. The lowest BCUT2D eigenvalue weighted by Crippen LogP contribution is -2.50. The average Bonchev–Trinajstić information content (AvgIpc) is 3.16. The summed E-state index contributed by atoms with van der Waals surface area (Å²) in [5.41, 5.74) is 1.21. The largest absolute Gasteiger partial charge is 0.352 e. The van der Waals surface area contributed by atoms with E-state index in [9.17, 15) is 14.0 Å². The number of benzene rings is 2.